The molecule has 0 atom stereocenters. The molecule has 0 aliphatic rings. The Labute approximate surface area is 184 Å². The van der Waals surface area contributed by atoms with E-state index in [4.69, 9.17) is 4.74 Å². The number of benzene rings is 2. The van der Waals surface area contributed by atoms with Gasteiger partial charge in [0.15, 0.2) is 0 Å². The summed E-state index contributed by atoms with van der Waals surface area (Å²) in [6.07, 6.45) is 2.37. The number of rotatable bonds is 7. The lowest BCUT2D eigenvalue weighted by Gasteiger charge is -2.08. The number of hydrogen-bond donors (Lipinski definition) is 1. The Balaban J connectivity index is 1.59. The lowest BCUT2D eigenvalue weighted by molar-refractivity contribution is -0.116. The van der Waals surface area contributed by atoms with Crippen LogP contribution in [0.25, 0.3) is 21.3 Å². The third kappa shape index (κ3) is 4.51. The predicted octanol–water partition coefficient (Wildman–Crippen LogP) is 4.72. The van der Waals surface area contributed by atoms with Crippen molar-refractivity contribution in [3.63, 3.8) is 0 Å². The first-order valence-electron chi connectivity index (χ1n) is 10.2. The second-order valence-electron chi connectivity index (χ2n) is 7.06. The molecule has 1 amide bonds. The third-order valence-electron chi connectivity index (χ3n) is 5.00. The summed E-state index contributed by atoms with van der Waals surface area (Å²) in [6.45, 7) is 4.51. The third-order valence-corrected chi connectivity index (χ3v) is 5.88. The number of nitrogens with one attached hydrogen (secondary N) is 1. The minimum atomic E-state index is -0.273. The molecule has 2 heterocycles. The van der Waals surface area contributed by atoms with Gasteiger partial charge in [-0.05, 0) is 48.7 Å². The van der Waals surface area contributed by atoms with E-state index in [1.807, 2.05) is 60.8 Å². The van der Waals surface area contributed by atoms with Crippen LogP contribution in [0.3, 0.4) is 0 Å². The molecular formula is C24H23N3O3S. The molecule has 4 aromatic rings. The van der Waals surface area contributed by atoms with Crippen LogP contribution in [-0.4, -0.2) is 22.1 Å². The predicted molar refractivity (Wildman–Crippen MR) is 125 cm³/mol. The minimum Gasteiger partial charge on any atom is -0.494 e. The summed E-state index contributed by atoms with van der Waals surface area (Å²) in [4.78, 5) is 30.7. The van der Waals surface area contributed by atoms with Gasteiger partial charge in [-0.2, -0.15) is 0 Å². The number of aromatic nitrogens is 2. The van der Waals surface area contributed by atoms with E-state index in [0.717, 1.165) is 23.3 Å². The summed E-state index contributed by atoms with van der Waals surface area (Å²) < 4.78 is 6.84. The zero-order valence-corrected chi connectivity index (χ0v) is 18.2. The van der Waals surface area contributed by atoms with E-state index in [1.54, 1.807) is 0 Å². The van der Waals surface area contributed by atoms with Crippen molar-refractivity contribution in [2.45, 2.75) is 26.8 Å². The van der Waals surface area contributed by atoms with Crippen molar-refractivity contribution in [1.29, 1.82) is 0 Å². The molecule has 0 aliphatic carbocycles. The first-order valence-corrected chi connectivity index (χ1v) is 11.1. The van der Waals surface area contributed by atoms with Crippen molar-refractivity contribution in [2.75, 3.05) is 11.9 Å². The van der Waals surface area contributed by atoms with Gasteiger partial charge in [0, 0.05) is 16.6 Å². The van der Waals surface area contributed by atoms with Gasteiger partial charge < -0.3 is 10.1 Å². The van der Waals surface area contributed by atoms with Crippen LogP contribution in [-0.2, 0) is 17.8 Å². The van der Waals surface area contributed by atoms with Gasteiger partial charge in [-0.3, -0.25) is 14.2 Å². The summed E-state index contributed by atoms with van der Waals surface area (Å²) in [5.74, 6) is 0.510. The highest BCUT2D eigenvalue weighted by atomic mass is 32.1. The van der Waals surface area contributed by atoms with Crippen LogP contribution < -0.4 is 15.6 Å². The maximum absolute atomic E-state index is 13.1. The van der Waals surface area contributed by atoms with E-state index >= 15 is 0 Å². The monoisotopic (exact) mass is 433 g/mol. The maximum atomic E-state index is 13.1. The van der Waals surface area contributed by atoms with Crippen molar-refractivity contribution >= 4 is 33.1 Å². The van der Waals surface area contributed by atoms with Gasteiger partial charge in [-0.1, -0.05) is 31.2 Å². The minimum absolute atomic E-state index is 0.101. The second-order valence-corrected chi connectivity index (χ2v) is 7.92. The maximum Gasteiger partial charge on any atom is 0.263 e. The van der Waals surface area contributed by atoms with Crippen molar-refractivity contribution < 1.29 is 9.53 Å². The molecule has 0 spiro atoms. The second kappa shape index (κ2) is 9.14. The molecule has 6 nitrogen and oxygen atoms in total. The molecule has 1 N–H and O–H groups in total. The van der Waals surface area contributed by atoms with Crippen LogP contribution in [0.1, 0.15) is 19.4 Å². The zero-order valence-electron chi connectivity index (χ0n) is 17.4. The Kier molecular flexibility index (Phi) is 6.13. The molecular weight excluding hydrogens is 410 g/mol. The average molecular weight is 434 g/mol. The summed E-state index contributed by atoms with van der Waals surface area (Å²) in [5, 5.41) is 5.29. The molecule has 0 bridgehead atoms. The summed E-state index contributed by atoms with van der Waals surface area (Å²) in [5.41, 5.74) is 3.39. The highest BCUT2D eigenvalue weighted by molar-refractivity contribution is 7.17. The lowest BCUT2D eigenvalue weighted by Crippen LogP contribution is -2.27. The van der Waals surface area contributed by atoms with Crippen LogP contribution in [0.5, 0.6) is 5.75 Å². The van der Waals surface area contributed by atoms with Crippen LogP contribution in [0.4, 0.5) is 5.69 Å². The van der Waals surface area contributed by atoms with E-state index in [1.165, 1.54) is 27.8 Å². The summed E-state index contributed by atoms with van der Waals surface area (Å²) in [6, 6.07) is 15.3. The van der Waals surface area contributed by atoms with E-state index in [0.29, 0.717) is 22.5 Å². The fourth-order valence-electron chi connectivity index (χ4n) is 3.37. The number of aryl methyl sites for hydroxylation is 1. The van der Waals surface area contributed by atoms with Crippen molar-refractivity contribution in [1.82, 2.24) is 9.55 Å². The zero-order chi connectivity index (χ0) is 21.8. The number of amides is 1. The molecule has 4 rings (SSSR count). The number of thiophene rings is 1. The summed E-state index contributed by atoms with van der Waals surface area (Å²) >= 11 is 1.41. The van der Waals surface area contributed by atoms with Crippen molar-refractivity contribution in [3.05, 3.63) is 76.2 Å². The molecule has 158 valence electrons. The molecule has 0 aliphatic heterocycles. The molecule has 7 heteroatoms. The fourth-order valence-corrected chi connectivity index (χ4v) is 4.28. The highest BCUT2D eigenvalue weighted by Gasteiger charge is 2.15. The smallest absolute Gasteiger partial charge is 0.263 e. The van der Waals surface area contributed by atoms with Gasteiger partial charge in [-0.15, -0.1) is 11.3 Å². The van der Waals surface area contributed by atoms with Crippen LogP contribution in [0.2, 0.25) is 0 Å². The van der Waals surface area contributed by atoms with Gasteiger partial charge in [0.2, 0.25) is 5.91 Å². The Hall–Kier alpha value is -3.45. The number of hydrogen-bond acceptors (Lipinski definition) is 5. The first kappa shape index (κ1) is 20.8. The first-order chi connectivity index (χ1) is 15.1. The molecule has 2 aromatic carbocycles. The number of nitrogens with zero attached hydrogens (tertiary/aromatic N) is 2. The quantitative estimate of drug-likeness (QED) is 0.458. The van der Waals surface area contributed by atoms with Crippen molar-refractivity contribution in [2.24, 2.45) is 0 Å². The van der Waals surface area contributed by atoms with E-state index < -0.39 is 0 Å². The highest BCUT2D eigenvalue weighted by Crippen LogP contribution is 2.31. The summed E-state index contributed by atoms with van der Waals surface area (Å²) in [7, 11) is 0. The number of anilines is 1. The van der Waals surface area contributed by atoms with Crippen LogP contribution in [0.15, 0.2) is 65.0 Å². The Morgan fingerprint density at radius 1 is 1.10 bits per heavy atom. The van der Waals surface area contributed by atoms with Crippen molar-refractivity contribution in [3.8, 4) is 16.9 Å². The van der Waals surface area contributed by atoms with Gasteiger partial charge >= 0.3 is 0 Å². The molecule has 0 unspecified atom stereocenters. The molecule has 2 aromatic heterocycles. The van der Waals surface area contributed by atoms with E-state index in [2.05, 4.69) is 17.2 Å². The number of carbonyl (C=O) groups is 1. The number of ether oxygens (including phenoxy) is 1. The Morgan fingerprint density at radius 3 is 2.52 bits per heavy atom. The van der Waals surface area contributed by atoms with Crippen LogP contribution >= 0.6 is 11.3 Å². The van der Waals surface area contributed by atoms with E-state index in [-0.39, 0.29) is 18.0 Å². The number of fused-ring (bicyclic) bond motifs is 1. The van der Waals surface area contributed by atoms with E-state index in [9.17, 15) is 9.59 Å². The Bertz CT molecular complexity index is 1260. The molecule has 0 radical (unpaired) electrons. The topological polar surface area (TPSA) is 73.2 Å². The standard InChI is InChI=1S/C24H23N3O3S/c1-3-16-5-9-18(10-6-16)26-21(28)13-27-15-25-23-22(24(27)29)20(14-31-23)17-7-11-19(12-8-17)30-4-2/h5-12,14-15H,3-4,13H2,1-2H3,(H,26,28). The number of carbonyl (C=O) groups excluding carboxylic acids is 1. The molecule has 31 heavy (non-hydrogen) atoms. The SMILES string of the molecule is CCOc1ccc(-c2csc3ncn(CC(=O)Nc4ccc(CC)cc4)c(=O)c23)cc1. The molecule has 0 saturated heterocycles. The fraction of sp³-hybridized carbons (Fsp3) is 0.208. The van der Waals surface area contributed by atoms with Gasteiger partial charge in [0.1, 0.15) is 17.1 Å². The molecule has 0 fully saturated rings. The van der Waals surface area contributed by atoms with Gasteiger partial charge in [0.25, 0.3) is 5.56 Å². The average Bonchev–Trinajstić information content (AvgIpc) is 3.22. The Morgan fingerprint density at radius 2 is 1.84 bits per heavy atom. The largest absolute Gasteiger partial charge is 0.494 e. The van der Waals surface area contributed by atoms with Gasteiger partial charge in [-0.25, -0.2) is 4.98 Å². The normalized spacial score (nSPS) is 10.9. The van der Waals surface area contributed by atoms with Gasteiger partial charge in [0.05, 0.1) is 18.3 Å². The molecule has 0 saturated carbocycles. The lowest BCUT2D eigenvalue weighted by atomic mass is 10.1. The van der Waals surface area contributed by atoms with Crippen LogP contribution in [0, 0.1) is 0 Å².